The van der Waals surface area contributed by atoms with Crippen molar-refractivity contribution in [3.63, 3.8) is 0 Å². The highest BCUT2D eigenvalue weighted by molar-refractivity contribution is 6.29. The highest BCUT2D eigenvalue weighted by Gasteiger charge is 2.23. The largest absolute Gasteiger partial charge is 0.318 e. The molecule has 5 nitrogen and oxygen atoms in total. The van der Waals surface area contributed by atoms with Gasteiger partial charge in [0.2, 0.25) is 5.82 Å². The van der Waals surface area contributed by atoms with E-state index in [1.54, 1.807) is 19.1 Å². The Hall–Kier alpha value is -2.21. The molecule has 20 heavy (non-hydrogen) atoms. The topological polar surface area (TPSA) is 59.3 Å². The smallest absolute Gasteiger partial charge is 0.312 e. The van der Waals surface area contributed by atoms with Crippen molar-refractivity contribution in [1.82, 2.24) is 4.98 Å². The minimum absolute atomic E-state index is 0.0232. The Morgan fingerprint density at radius 2 is 2.05 bits per heavy atom. The SMILES string of the molecule is CCN(c1ccccc1F)c1nc(Cl)ccc1[N+](=O)[O-]. The van der Waals surface area contributed by atoms with Gasteiger partial charge in [0.25, 0.3) is 0 Å². The van der Waals surface area contributed by atoms with Gasteiger partial charge >= 0.3 is 5.69 Å². The number of benzene rings is 1. The molecule has 0 saturated heterocycles. The Morgan fingerprint density at radius 3 is 2.65 bits per heavy atom. The van der Waals surface area contributed by atoms with E-state index in [4.69, 9.17) is 11.6 Å². The molecule has 0 aliphatic rings. The zero-order valence-electron chi connectivity index (χ0n) is 10.6. The molecule has 0 unspecified atom stereocenters. The van der Waals surface area contributed by atoms with E-state index >= 15 is 0 Å². The van der Waals surface area contributed by atoms with Crippen molar-refractivity contribution in [3.05, 3.63) is 57.5 Å². The Bertz CT molecular complexity index is 651. The lowest BCUT2D eigenvalue weighted by atomic mass is 10.2. The minimum Gasteiger partial charge on any atom is -0.318 e. The molecule has 0 saturated carbocycles. The minimum atomic E-state index is -0.567. The van der Waals surface area contributed by atoms with Crippen LogP contribution in [0.15, 0.2) is 36.4 Å². The zero-order valence-corrected chi connectivity index (χ0v) is 11.3. The van der Waals surface area contributed by atoms with Crippen molar-refractivity contribution in [2.75, 3.05) is 11.4 Å². The quantitative estimate of drug-likeness (QED) is 0.487. The number of pyridine rings is 1. The lowest BCUT2D eigenvalue weighted by molar-refractivity contribution is -0.384. The molecule has 0 amide bonds. The first kappa shape index (κ1) is 14.2. The molecule has 0 atom stereocenters. The normalized spacial score (nSPS) is 10.3. The van der Waals surface area contributed by atoms with Gasteiger partial charge in [0.15, 0.2) is 0 Å². The molecule has 0 spiro atoms. The third-order valence-electron chi connectivity index (χ3n) is 2.73. The van der Waals surface area contributed by atoms with Crippen LogP contribution in [0.5, 0.6) is 0 Å². The molecular weight excluding hydrogens is 285 g/mol. The maximum absolute atomic E-state index is 13.9. The van der Waals surface area contributed by atoms with Crippen LogP contribution in [0.25, 0.3) is 0 Å². The number of nitrogens with zero attached hydrogens (tertiary/aromatic N) is 3. The number of halogens is 2. The molecule has 0 fully saturated rings. The number of rotatable bonds is 4. The van der Waals surface area contributed by atoms with Gasteiger partial charge < -0.3 is 4.90 Å². The molecular formula is C13H11ClFN3O2. The number of nitro groups is 1. The third kappa shape index (κ3) is 2.70. The van der Waals surface area contributed by atoms with Crippen molar-refractivity contribution in [3.8, 4) is 0 Å². The van der Waals surface area contributed by atoms with E-state index in [-0.39, 0.29) is 22.3 Å². The second-order valence-corrected chi connectivity index (χ2v) is 4.32. The van der Waals surface area contributed by atoms with Crippen LogP contribution in [-0.4, -0.2) is 16.5 Å². The summed E-state index contributed by atoms with van der Waals surface area (Å²) in [6, 6.07) is 8.61. The predicted molar refractivity (Wildman–Crippen MR) is 75.0 cm³/mol. The molecule has 0 N–H and O–H groups in total. The summed E-state index contributed by atoms with van der Waals surface area (Å²) in [4.78, 5) is 15.9. The molecule has 0 bridgehead atoms. The standard InChI is InChI=1S/C13H11ClFN3O2/c1-2-17(10-6-4-3-5-9(10)15)13-11(18(19)20)7-8-12(14)16-13/h3-8H,2H2,1H3. The first-order chi connectivity index (χ1) is 9.54. The summed E-state index contributed by atoms with van der Waals surface area (Å²) < 4.78 is 13.9. The van der Waals surface area contributed by atoms with Gasteiger partial charge in [-0.05, 0) is 25.1 Å². The number of anilines is 2. The summed E-state index contributed by atoms with van der Waals surface area (Å²) in [5.74, 6) is -0.458. The van der Waals surface area contributed by atoms with E-state index < -0.39 is 10.7 Å². The Balaban J connectivity index is 2.60. The van der Waals surface area contributed by atoms with Crippen LogP contribution in [-0.2, 0) is 0 Å². The molecule has 0 aliphatic carbocycles. The van der Waals surface area contributed by atoms with Gasteiger partial charge in [-0.2, -0.15) is 0 Å². The molecule has 0 aliphatic heterocycles. The molecule has 1 aromatic carbocycles. The van der Waals surface area contributed by atoms with E-state index in [9.17, 15) is 14.5 Å². The lowest BCUT2D eigenvalue weighted by Crippen LogP contribution is -2.20. The summed E-state index contributed by atoms with van der Waals surface area (Å²) >= 11 is 5.80. The van der Waals surface area contributed by atoms with Crippen molar-refractivity contribution in [1.29, 1.82) is 0 Å². The van der Waals surface area contributed by atoms with Crippen molar-refractivity contribution < 1.29 is 9.31 Å². The van der Waals surface area contributed by atoms with Gasteiger partial charge in [-0.25, -0.2) is 9.37 Å². The molecule has 2 rings (SSSR count). The maximum atomic E-state index is 13.9. The molecule has 0 radical (unpaired) electrons. The predicted octanol–water partition coefficient (Wildman–Crippen LogP) is 3.94. The Morgan fingerprint density at radius 1 is 1.35 bits per heavy atom. The van der Waals surface area contributed by atoms with Crippen LogP contribution in [0.3, 0.4) is 0 Å². The van der Waals surface area contributed by atoms with E-state index in [0.717, 1.165) is 0 Å². The van der Waals surface area contributed by atoms with Gasteiger partial charge in [0.05, 0.1) is 10.6 Å². The van der Waals surface area contributed by atoms with Gasteiger partial charge in [-0.15, -0.1) is 0 Å². The fourth-order valence-corrected chi connectivity index (χ4v) is 2.01. The van der Waals surface area contributed by atoms with Crippen molar-refractivity contribution in [2.45, 2.75) is 6.92 Å². The maximum Gasteiger partial charge on any atom is 0.312 e. The fraction of sp³-hybridized carbons (Fsp3) is 0.154. The molecule has 1 heterocycles. The summed E-state index contributed by atoms with van der Waals surface area (Å²) in [6.07, 6.45) is 0. The van der Waals surface area contributed by atoms with Gasteiger partial charge in [0, 0.05) is 12.6 Å². The molecule has 7 heteroatoms. The number of aromatic nitrogens is 1. The summed E-state index contributed by atoms with van der Waals surface area (Å²) in [5.41, 5.74) is -0.00707. The van der Waals surface area contributed by atoms with Crippen molar-refractivity contribution in [2.24, 2.45) is 0 Å². The lowest BCUT2D eigenvalue weighted by Gasteiger charge is -2.22. The zero-order chi connectivity index (χ0) is 14.7. The van der Waals surface area contributed by atoms with Crippen LogP contribution in [0.1, 0.15) is 6.92 Å². The van der Waals surface area contributed by atoms with Crippen LogP contribution in [0.4, 0.5) is 21.6 Å². The van der Waals surface area contributed by atoms with Gasteiger partial charge in [-0.3, -0.25) is 10.1 Å². The third-order valence-corrected chi connectivity index (χ3v) is 2.94. The first-order valence-corrected chi connectivity index (χ1v) is 6.25. The van der Waals surface area contributed by atoms with E-state index in [1.165, 1.54) is 29.2 Å². The highest BCUT2D eigenvalue weighted by atomic mass is 35.5. The van der Waals surface area contributed by atoms with Crippen LogP contribution in [0, 0.1) is 15.9 Å². The summed E-state index contributed by atoms with van der Waals surface area (Å²) in [5, 5.41) is 11.2. The second-order valence-electron chi connectivity index (χ2n) is 3.93. The van der Waals surface area contributed by atoms with Gasteiger partial charge in [0.1, 0.15) is 11.0 Å². The average Bonchev–Trinajstić information content (AvgIpc) is 2.41. The molecule has 104 valence electrons. The monoisotopic (exact) mass is 295 g/mol. The second kappa shape index (κ2) is 5.83. The summed E-state index contributed by atoms with van der Waals surface area (Å²) in [6.45, 7) is 2.06. The highest BCUT2D eigenvalue weighted by Crippen LogP contribution is 2.33. The van der Waals surface area contributed by atoms with Crippen LogP contribution >= 0.6 is 11.6 Å². The van der Waals surface area contributed by atoms with Crippen LogP contribution in [0.2, 0.25) is 5.15 Å². The number of para-hydroxylation sites is 1. The van der Waals surface area contributed by atoms with E-state index in [0.29, 0.717) is 6.54 Å². The Labute approximate surface area is 119 Å². The van der Waals surface area contributed by atoms with Crippen molar-refractivity contribution >= 4 is 28.8 Å². The van der Waals surface area contributed by atoms with E-state index in [2.05, 4.69) is 4.98 Å². The first-order valence-electron chi connectivity index (χ1n) is 5.87. The van der Waals surface area contributed by atoms with Crippen LogP contribution < -0.4 is 4.90 Å². The van der Waals surface area contributed by atoms with E-state index in [1.807, 2.05) is 0 Å². The molecule has 2 aromatic rings. The number of hydrogen-bond acceptors (Lipinski definition) is 4. The fourth-order valence-electron chi connectivity index (χ4n) is 1.86. The number of hydrogen-bond donors (Lipinski definition) is 0. The Kier molecular flexibility index (Phi) is 4.14. The molecule has 1 aromatic heterocycles. The average molecular weight is 296 g/mol. The summed E-state index contributed by atoms with van der Waals surface area (Å²) in [7, 11) is 0. The van der Waals surface area contributed by atoms with Gasteiger partial charge in [-0.1, -0.05) is 23.7 Å².